The molecule has 0 radical (unpaired) electrons. The van der Waals surface area contributed by atoms with Crippen LogP contribution < -0.4 is 20.9 Å². The zero-order valence-electron chi connectivity index (χ0n) is 23.3. The SMILES string of the molecule is COc1cccc(OCC(C)C)c1-c1c(C)sc2c(C(N)C(N)Cc3ccccc3)nc(-c3ccncc3)nc12. The van der Waals surface area contributed by atoms with Crippen molar-refractivity contribution in [3.8, 4) is 34.0 Å². The van der Waals surface area contributed by atoms with Crippen LogP contribution in [0.3, 0.4) is 0 Å². The van der Waals surface area contributed by atoms with Gasteiger partial charge in [-0.1, -0.05) is 50.2 Å². The normalized spacial score (nSPS) is 13.0. The van der Waals surface area contributed by atoms with Gasteiger partial charge in [0.2, 0.25) is 0 Å². The van der Waals surface area contributed by atoms with E-state index >= 15 is 0 Å². The van der Waals surface area contributed by atoms with Gasteiger partial charge in [-0.05, 0) is 49.1 Å². The number of hydrogen-bond donors (Lipinski definition) is 2. The maximum atomic E-state index is 6.89. The highest BCUT2D eigenvalue weighted by Crippen LogP contribution is 2.47. The maximum Gasteiger partial charge on any atom is 0.160 e. The molecule has 2 unspecified atom stereocenters. The molecule has 7 nitrogen and oxygen atoms in total. The quantitative estimate of drug-likeness (QED) is 0.208. The molecule has 3 heterocycles. The van der Waals surface area contributed by atoms with Gasteiger partial charge in [-0.2, -0.15) is 0 Å². The molecule has 5 rings (SSSR count). The van der Waals surface area contributed by atoms with Gasteiger partial charge in [0.25, 0.3) is 0 Å². The van der Waals surface area contributed by atoms with Crippen LogP contribution in [-0.2, 0) is 6.42 Å². The van der Waals surface area contributed by atoms with Crippen LogP contribution in [0.4, 0.5) is 0 Å². The Kier molecular flexibility index (Phi) is 8.40. The molecular formula is C32H35N5O2S. The third kappa shape index (κ3) is 5.70. The molecule has 3 aromatic heterocycles. The molecule has 40 heavy (non-hydrogen) atoms. The first kappa shape index (κ1) is 27.7. The van der Waals surface area contributed by atoms with E-state index in [1.54, 1.807) is 30.8 Å². The van der Waals surface area contributed by atoms with Crippen LogP contribution in [0.5, 0.6) is 11.5 Å². The smallest absolute Gasteiger partial charge is 0.160 e. The lowest BCUT2D eigenvalue weighted by Gasteiger charge is -2.21. The second-order valence-electron chi connectivity index (χ2n) is 10.3. The van der Waals surface area contributed by atoms with Crippen LogP contribution in [0, 0.1) is 12.8 Å². The Labute approximate surface area is 239 Å². The van der Waals surface area contributed by atoms with Crippen LogP contribution in [-0.4, -0.2) is 34.7 Å². The van der Waals surface area contributed by atoms with Gasteiger partial charge >= 0.3 is 0 Å². The Hall–Kier alpha value is -3.85. The van der Waals surface area contributed by atoms with Crippen molar-refractivity contribution in [1.82, 2.24) is 15.0 Å². The first-order valence-electron chi connectivity index (χ1n) is 13.4. The standard InChI is InChI=1S/C32H35N5O2S/c1-19(2)18-39-25-12-8-11-24(38-4)27(25)26-20(3)40-31-29(26)36-32(22-13-15-35-16-14-22)37-30(31)28(34)23(33)17-21-9-6-5-7-10-21/h5-16,19,23,28H,17-18,33-34H2,1-4H3. The number of hydrogen-bond acceptors (Lipinski definition) is 8. The lowest BCUT2D eigenvalue weighted by molar-refractivity contribution is 0.271. The molecule has 0 aliphatic carbocycles. The molecule has 5 aromatic rings. The van der Waals surface area contributed by atoms with Crippen molar-refractivity contribution in [3.63, 3.8) is 0 Å². The number of nitrogens with zero attached hydrogens (tertiary/aromatic N) is 3. The predicted octanol–water partition coefficient (Wildman–Crippen LogP) is 6.34. The van der Waals surface area contributed by atoms with E-state index in [0.717, 1.165) is 54.5 Å². The number of ether oxygens (including phenoxy) is 2. The number of benzene rings is 2. The van der Waals surface area contributed by atoms with Gasteiger partial charge in [0, 0.05) is 34.4 Å². The van der Waals surface area contributed by atoms with Crippen molar-refractivity contribution < 1.29 is 9.47 Å². The molecule has 0 spiro atoms. The molecule has 2 atom stereocenters. The third-order valence-electron chi connectivity index (χ3n) is 6.80. The number of methoxy groups -OCH3 is 1. The van der Waals surface area contributed by atoms with E-state index in [9.17, 15) is 0 Å². The third-order valence-corrected chi connectivity index (χ3v) is 7.91. The van der Waals surface area contributed by atoms with E-state index in [4.69, 9.17) is 30.9 Å². The number of thiophene rings is 1. The van der Waals surface area contributed by atoms with Crippen LogP contribution >= 0.6 is 11.3 Å². The molecule has 4 N–H and O–H groups in total. The number of rotatable bonds is 10. The second kappa shape index (κ2) is 12.1. The molecule has 0 saturated heterocycles. The predicted molar refractivity (Wildman–Crippen MR) is 163 cm³/mol. The fraction of sp³-hybridized carbons (Fsp3) is 0.281. The average Bonchev–Trinajstić information content (AvgIpc) is 3.30. The Morgan fingerprint density at radius 2 is 1.60 bits per heavy atom. The lowest BCUT2D eigenvalue weighted by atomic mass is 9.97. The first-order valence-corrected chi connectivity index (χ1v) is 14.3. The van der Waals surface area contributed by atoms with Crippen molar-refractivity contribution in [2.75, 3.05) is 13.7 Å². The molecule has 0 aliphatic heterocycles. The van der Waals surface area contributed by atoms with Crippen molar-refractivity contribution in [1.29, 1.82) is 0 Å². The summed E-state index contributed by atoms with van der Waals surface area (Å²) in [6.45, 7) is 6.94. The number of fused-ring (bicyclic) bond motifs is 1. The van der Waals surface area contributed by atoms with E-state index in [-0.39, 0.29) is 6.04 Å². The number of aromatic nitrogens is 3. The van der Waals surface area contributed by atoms with Crippen LogP contribution in [0.1, 0.15) is 36.0 Å². The highest BCUT2D eigenvalue weighted by atomic mass is 32.1. The molecular weight excluding hydrogens is 518 g/mol. The molecule has 206 valence electrons. The maximum absolute atomic E-state index is 6.89. The molecule has 2 aromatic carbocycles. The summed E-state index contributed by atoms with van der Waals surface area (Å²) in [5.74, 6) is 2.42. The minimum Gasteiger partial charge on any atom is -0.496 e. The van der Waals surface area contributed by atoms with Crippen molar-refractivity contribution in [2.24, 2.45) is 17.4 Å². The summed E-state index contributed by atoms with van der Waals surface area (Å²) in [4.78, 5) is 15.4. The number of nitrogens with two attached hydrogens (primary N) is 2. The van der Waals surface area contributed by atoms with E-state index < -0.39 is 6.04 Å². The van der Waals surface area contributed by atoms with Crippen molar-refractivity contribution >= 4 is 21.6 Å². The summed E-state index contributed by atoms with van der Waals surface area (Å²) in [5.41, 5.74) is 19.0. The Bertz CT molecular complexity index is 1590. The van der Waals surface area contributed by atoms with Gasteiger partial charge in [-0.15, -0.1) is 11.3 Å². The Morgan fingerprint density at radius 3 is 2.30 bits per heavy atom. The zero-order chi connectivity index (χ0) is 28.2. The topological polar surface area (TPSA) is 109 Å². The summed E-state index contributed by atoms with van der Waals surface area (Å²) in [6, 6.07) is 19.0. The summed E-state index contributed by atoms with van der Waals surface area (Å²) in [6.07, 6.45) is 4.11. The van der Waals surface area contributed by atoms with E-state index in [1.165, 1.54) is 0 Å². The van der Waals surface area contributed by atoms with Gasteiger partial charge in [0.1, 0.15) is 11.5 Å². The monoisotopic (exact) mass is 553 g/mol. The minimum atomic E-state index is -0.508. The molecule has 0 fully saturated rings. The van der Waals surface area contributed by atoms with Gasteiger partial charge < -0.3 is 20.9 Å². The summed E-state index contributed by atoms with van der Waals surface area (Å²) in [5, 5.41) is 0. The number of pyridine rings is 1. The number of aryl methyl sites for hydroxylation is 1. The van der Waals surface area contributed by atoms with Gasteiger partial charge in [-0.3, -0.25) is 4.98 Å². The molecule has 0 saturated carbocycles. The summed E-state index contributed by atoms with van der Waals surface area (Å²) in [7, 11) is 1.68. The van der Waals surface area contributed by atoms with Gasteiger partial charge in [0.15, 0.2) is 5.82 Å². The molecule has 0 amide bonds. The highest BCUT2D eigenvalue weighted by Gasteiger charge is 2.28. The molecule has 0 aliphatic rings. The van der Waals surface area contributed by atoms with Crippen LogP contribution in [0.15, 0.2) is 73.1 Å². The fourth-order valence-electron chi connectivity index (χ4n) is 4.78. The fourth-order valence-corrected chi connectivity index (χ4v) is 5.92. The van der Waals surface area contributed by atoms with Crippen LogP contribution in [0.25, 0.3) is 32.7 Å². The molecule has 0 bridgehead atoms. The molecule has 8 heteroatoms. The van der Waals surface area contributed by atoms with Gasteiger partial charge in [0.05, 0.1) is 41.2 Å². The van der Waals surface area contributed by atoms with Crippen molar-refractivity contribution in [2.45, 2.75) is 39.3 Å². The van der Waals surface area contributed by atoms with Gasteiger partial charge in [-0.25, -0.2) is 9.97 Å². The summed E-state index contributed by atoms with van der Waals surface area (Å²) < 4.78 is 13.1. The van der Waals surface area contributed by atoms with Crippen molar-refractivity contribution in [3.05, 3.63) is 89.2 Å². The Morgan fingerprint density at radius 1 is 0.875 bits per heavy atom. The summed E-state index contributed by atoms with van der Waals surface area (Å²) >= 11 is 1.62. The zero-order valence-corrected chi connectivity index (χ0v) is 24.1. The second-order valence-corrected chi connectivity index (χ2v) is 11.5. The highest BCUT2D eigenvalue weighted by molar-refractivity contribution is 7.19. The average molecular weight is 554 g/mol. The van der Waals surface area contributed by atoms with E-state index in [1.807, 2.05) is 48.5 Å². The van der Waals surface area contributed by atoms with Crippen LogP contribution in [0.2, 0.25) is 0 Å². The Balaban J connectivity index is 1.71. The first-order chi connectivity index (χ1) is 19.4. The lowest BCUT2D eigenvalue weighted by Crippen LogP contribution is -2.36. The van der Waals surface area contributed by atoms with E-state index in [0.29, 0.717) is 24.8 Å². The van der Waals surface area contributed by atoms with E-state index in [2.05, 4.69) is 37.9 Å². The largest absolute Gasteiger partial charge is 0.496 e. The minimum absolute atomic E-state index is 0.340.